The number of β-amino-alcohol motifs (C(OH)–C–C–N with tert-alkyl or cyclic N) is 1. The van der Waals surface area contributed by atoms with Gasteiger partial charge in [0.05, 0.1) is 25.1 Å². The average Bonchev–Trinajstić information content (AvgIpc) is 3.03. The van der Waals surface area contributed by atoms with Gasteiger partial charge in [-0.25, -0.2) is 0 Å². The summed E-state index contributed by atoms with van der Waals surface area (Å²) in [5.41, 5.74) is 0.964. The van der Waals surface area contributed by atoms with Crippen LogP contribution >= 0.6 is 0 Å². The Morgan fingerprint density at radius 1 is 1.28 bits per heavy atom. The molecule has 2 aliphatic rings. The van der Waals surface area contributed by atoms with Crippen LogP contribution in [0, 0.1) is 0 Å². The molecule has 8 nitrogen and oxygen atoms in total. The Balaban J connectivity index is 1.64. The van der Waals surface area contributed by atoms with Crippen molar-refractivity contribution in [2.24, 2.45) is 0 Å². The number of aliphatic hydroxyl groups is 1. The summed E-state index contributed by atoms with van der Waals surface area (Å²) in [5.74, 6) is 0.465. The molecule has 3 rings (SSSR count). The van der Waals surface area contributed by atoms with Gasteiger partial charge in [-0.05, 0) is 6.07 Å². The fourth-order valence-electron chi connectivity index (χ4n) is 3.57. The zero-order valence-corrected chi connectivity index (χ0v) is 14.6. The molecule has 0 bridgehead atoms. The maximum atomic E-state index is 12.8. The van der Waals surface area contributed by atoms with Gasteiger partial charge in [-0.3, -0.25) is 14.6 Å². The van der Waals surface area contributed by atoms with E-state index in [1.807, 2.05) is 6.07 Å². The highest BCUT2D eigenvalue weighted by molar-refractivity contribution is 5.88. The lowest BCUT2D eigenvalue weighted by molar-refractivity contribution is -0.143. The molecule has 2 saturated heterocycles. The molecule has 0 unspecified atom stereocenters. The number of anilines is 1. The molecule has 0 aromatic carbocycles. The highest BCUT2D eigenvalue weighted by Gasteiger charge is 2.40. The summed E-state index contributed by atoms with van der Waals surface area (Å²) in [5, 5.41) is 9.82. The van der Waals surface area contributed by atoms with Gasteiger partial charge >= 0.3 is 0 Å². The predicted molar refractivity (Wildman–Crippen MR) is 91.4 cm³/mol. The van der Waals surface area contributed by atoms with E-state index in [4.69, 9.17) is 4.74 Å². The molecular weight excluding hydrogens is 324 g/mol. The molecular formula is C17H24N4O4. The van der Waals surface area contributed by atoms with Crippen molar-refractivity contribution >= 4 is 17.5 Å². The highest BCUT2D eigenvalue weighted by atomic mass is 16.5. The zero-order valence-electron chi connectivity index (χ0n) is 14.6. The summed E-state index contributed by atoms with van der Waals surface area (Å²) in [6.45, 7) is 4.18. The lowest BCUT2D eigenvalue weighted by Gasteiger charge is -2.38. The maximum absolute atomic E-state index is 12.8. The Morgan fingerprint density at radius 2 is 2.00 bits per heavy atom. The standard InChI is InChI=1S/C17H24N4O4/c1-12(22)21-11-13(23)9-15(21)17(24)20-7-5-19(6-8-20)14-3-4-18-10-16(14)25-2/h3-4,10,13,15,23H,5-9,11H2,1-2H3/t13-,15-/m1/s1. The summed E-state index contributed by atoms with van der Waals surface area (Å²) in [6.07, 6.45) is 3.09. The van der Waals surface area contributed by atoms with E-state index in [0.717, 1.165) is 5.69 Å². The van der Waals surface area contributed by atoms with Crippen molar-refractivity contribution < 1.29 is 19.4 Å². The molecule has 2 aliphatic heterocycles. The van der Waals surface area contributed by atoms with Crippen LogP contribution in [0.25, 0.3) is 0 Å². The number of hydrogen-bond donors (Lipinski definition) is 1. The third-order valence-corrected chi connectivity index (χ3v) is 4.88. The largest absolute Gasteiger partial charge is 0.493 e. The van der Waals surface area contributed by atoms with E-state index in [2.05, 4.69) is 9.88 Å². The zero-order chi connectivity index (χ0) is 18.0. The van der Waals surface area contributed by atoms with Crippen LogP contribution < -0.4 is 9.64 Å². The molecule has 0 aliphatic carbocycles. The van der Waals surface area contributed by atoms with E-state index in [0.29, 0.717) is 38.3 Å². The number of carbonyl (C=O) groups is 2. The van der Waals surface area contributed by atoms with E-state index in [1.54, 1.807) is 24.4 Å². The molecule has 2 amide bonds. The van der Waals surface area contributed by atoms with Gasteiger partial charge in [0.25, 0.3) is 0 Å². The summed E-state index contributed by atoms with van der Waals surface area (Å²) < 4.78 is 5.35. The molecule has 1 aromatic rings. The van der Waals surface area contributed by atoms with Crippen LogP contribution in [0.15, 0.2) is 18.5 Å². The number of piperazine rings is 1. The van der Waals surface area contributed by atoms with Gasteiger partial charge in [0.2, 0.25) is 11.8 Å². The van der Waals surface area contributed by atoms with Crippen LogP contribution in [-0.2, 0) is 9.59 Å². The van der Waals surface area contributed by atoms with Crippen molar-refractivity contribution in [1.29, 1.82) is 0 Å². The summed E-state index contributed by atoms with van der Waals surface area (Å²) >= 11 is 0. The van der Waals surface area contributed by atoms with E-state index < -0.39 is 12.1 Å². The second-order valence-corrected chi connectivity index (χ2v) is 6.44. The van der Waals surface area contributed by atoms with Gasteiger partial charge < -0.3 is 24.5 Å². The minimum Gasteiger partial charge on any atom is -0.493 e. The molecule has 1 N–H and O–H groups in total. The number of likely N-dealkylation sites (tertiary alicyclic amines) is 1. The van der Waals surface area contributed by atoms with Gasteiger partial charge in [0.15, 0.2) is 5.75 Å². The van der Waals surface area contributed by atoms with Gasteiger partial charge in [-0.2, -0.15) is 0 Å². The Hall–Kier alpha value is -2.35. The first-order valence-corrected chi connectivity index (χ1v) is 8.48. The van der Waals surface area contributed by atoms with Crippen molar-refractivity contribution in [3.8, 4) is 5.75 Å². The number of methoxy groups -OCH3 is 1. The van der Waals surface area contributed by atoms with Crippen molar-refractivity contribution in [2.75, 3.05) is 44.7 Å². The average molecular weight is 348 g/mol. The SMILES string of the molecule is COc1cnccc1N1CCN(C(=O)[C@H]2C[C@@H](O)CN2C(C)=O)CC1. The predicted octanol–water partition coefficient (Wildman–Crippen LogP) is -0.279. The first kappa shape index (κ1) is 17.5. The molecule has 2 atom stereocenters. The van der Waals surface area contributed by atoms with E-state index in [-0.39, 0.29) is 18.4 Å². The molecule has 1 aromatic heterocycles. The number of carbonyl (C=O) groups excluding carboxylic acids is 2. The van der Waals surface area contributed by atoms with Crippen molar-refractivity contribution in [2.45, 2.75) is 25.5 Å². The third-order valence-electron chi connectivity index (χ3n) is 4.88. The number of aromatic nitrogens is 1. The van der Waals surface area contributed by atoms with Gasteiger partial charge in [-0.15, -0.1) is 0 Å². The summed E-state index contributed by atoms with van der Waals surface area (Å²) in [6, 6.07) is 1.36. The maximum Gasteiger partial charge on any atom is 0.245 e. The van der Waals surface area contributed by atoms with Crippen molar-refractivity contribution in [3.63, 3.8) is 0 Å². The Bertz CT molecular complexity index is 645. The van der Waals surface area contributed by atoms with Crippen LogP contribution in [0.2, 0.25) is 0 Å². The van der Waals surface area contributed by atoms with Crippen molar-refractivity contribution in [3.05, 3.63) is 18.5 Å². The van der Waals surface area contributed by atoms with Crippen LogP contribution in [0.5, 0.6) is 5.75 Å². The van der Waals surface area contributed by atoms with Gasteiger partial charge in [0, 0.05) is 52.3 Å². The van der Waals surface area contributed by atoms with Crippen LogP contribution in [0.1, 0.15) is 13.3 Å². The minimum atomic E-state index is -0.625. The first-order valence-electron chi connectivity index (χ1n) is 8.48. The molecule has 0 saturated carbocycles. The Morgan fingerprint density at radius 3 is 2.64 bits per heavy atom. The molecule has 25 heavy (non-hydrogen) atoms. The smallest absolute Gasteiger partial charge is 0.245 e. The van der Waals surface area contributed by atoms with Crippen LogP contribution in [0.4, 0.5) is 5.69 Å². The molecule has 3 heterocycles. The molecule has 136 valence electrons. The number of ether oxygens (including phenoxy) is 1. The number of rotatable bonds is 3. The Labute approximate surface area is 147 Å². The third kappa shape index (κ3) is 3.53. The second kappa shape index (κ2) is 7.26. The lowest BCUT2D eigenvalue weighted by atomic mass is 10.1. The monoisotopic (exact) mass is 348 g/mol. The fourth-order valence-corrected chi connectivity index (χ4v) is 3.57. The fraction of sp³-hybridized carbons (Fsp3) is 0.588. The number of aliphatic hydroxyl groups excluding tert-OH is 1. The summed E-state index contributed by atoms with van der Waals surface area (Å²) in [4.78, 5) is 34.0. The molecule has 8 heteroatoms. The van der Waals surface area contributed by atoms with E-state index in [9.17, 15) is 14.7 Å². The van der Waals surface area contributed by atoms with Gasteiger partial charge in [0.1, 0.15) is 6.04 Å². The van der Waals surface area contributed by atoms with E-state index >= 15 is 0 Å². The number of amides is 2. The van der Waals surface area contributed by atoms with Gasteiger partial charge in [-0.1, -0.05) is 0 Å². The highest BCUT2D eigenvalue weighted by Crippen LogP contribution is 2.28. The Kier molecular flexibility index (Phi) is 5.08. The van der Waals surface area contributed by atoms with E-state index in [1.165, 1.54) is 11.8 Å². The first-order chi connectivity index (χ1) is 12.0. The number of nitrogens with zero attached hydrogens (tertiary/aromatic N) is 4. The normalized spacial score (nSPS) is 23.7. The number of pyridine rings is 1. The topological polar surface area (TPSA) is 86.2 Å². The summed E-state index contributed by atoms with van der Waals surface area (Å²) in [7, 11) is 1.61. The number of hydrogen-bond acceptors (Lipinski definition) is 6. The molecule has 2 fully saturated rings. The second-order valence-electron chi connectivity index (χ2n) is 6.44. The quantitative estimate of drug-likeness (QED) is 0.809. The minimum absolute atomic E-state index is 0.0758. The molecule has 0 spiro atoms. The lowest BCUT2D eigenvalue weighted by Crippen LogP contribution is -2.54. The van der Waals surface area contributed by atoms with Crippen LogP contribution in [-0.4, -0.2) is 83.7 Å². The molecule has 0 radical (unpaired) electrons. The van der Waals surface area contributed by atoms with Crippen molar-refractivity contribution in [1.82, 2.24) is 14.8 Å². The van der Waals surface area contributed by atoms with Crippen LogP contribution in [0.3, 0.4) is 0 Å².